The van der Waals surface area contributed by atoms with E-state index in [1.54, 1.807) is 0 Å². The summed E-state index contributed by atoms with van der Waals surface area (Å²) in [4.78, 5) is 15.4. The van der Waals surface area contributed by atoms with Crippen LogP contribution in [0.4, 0.5) is 0 Å². The molecule has 8 aromatic carbocycles. The summed E-state index contributed by atoms with van der Waals surface area (Å²) < 4.78 is 6.68. The molecule has 0 atom stereocenters. The molecule has 0 aliphatic rings. The lowest BCUT2D eigenvalue weighted by atomic mass is 9.93. The third-order valence-electron chi connectivity index (χ3n) is 10.4. The van der Waals surface area contributed by atoms with Crippen molar-refractivity contribution in [2.24, 2.45) is 0 Å². The minimum atomic E-state index is 0.578. The molecule has 2 heterocycles. The number of hydrogen-bond donors (Lipinski definition) is 0. The average Bonchev–Trinajstić information content (AvgIpc) is 3.65. The largest absolute Gasteiger partial charge is 0.456 e. The highest BCUT2D eigenvalue weighted by Crippen LogP contribution is 2.42. The van der Waals surface area contributed by atoms with Crippen molar-refractivity contribution in [2.45, 2.75) is 6.92 Å². The van der Waals surface area contributed by atoms with Crippen molar-refractivity contribution in [2.75, 3.05) is 0 Å². The number of furan rings is 1. The molecule has 4 nitrogen and oxygen atoms in total. The van der Waals surface area contributed by atoms with Gasteiger partial charge in [0.05, 0.1) is 0 Å². The highest BCUT2D eigenvalue weighted by molar-refractivity contribution is 6.14. The molecular weight excluding hydrogens is 683 g/mol. The van der Waals surface area contributed by atoms with E-state index < -0.39 is 0 Å². The summed E-state index contributed by atoms with van der Waals surface area (Å²) in [6.07, 6.45) is 0. The maximum absolute atomic E-state index is 6.68. The Hall–Kier alpha value is -7.43. The van der Waals surface area contributed by atoms with Crippen LogP contribution >= 0.6 is 0 Å². The first kappa shape index (κ1) is 33.2. The Morgan fingerprint density at radius 1 is 0.321 bits per heavy atom. The van der Waals surface area contributed by atoms with Gasteiger partial charge < -0.3 is 4.42 Å². The Bertz CT molecular complexity index is 2990. The third kappa shape index (κ3) is 6.23. The van der Waals surface area contributed by atoms with Gasteiger partial charge in [-0.1, -0.05) is 181 Å². The van der Waals surface area contributed by atoms with Crippen molar-refractivity contribution in [3.63, 3.8) is 0 Å². The summed E-state index contributed by atoms with van der Waals surface area (Å²) in [5.74, 6) is 1.79. The van der Waals surface area contributed by atoms with Crippen molar-refractivity contribution < 1.29 is 4.42 Å². The summed E-state index contributed by atoms with van der Waals surface area (Å²) in [6.45, 7) is 2.12. The highest BCUT2D eigenvalue weighted by Gasteiger charge is 2.21. The molecule has 0 radical (unpaired) electrons. The van der Waals surface area contributed by atoms with Crippen LogP contribution in [0.3, 0.4) is 0 Å². The second-order valence-electron chi connectivity index (χ2n) is 14.1. The van der Waals surface area contributed by atoms with E-state index in [-0.39, 0.29) is 0 Å². The fourth-order valence-corrected chi connectivity index (χ4v) is 7.61. The summed E-state index contributed by atoms with van der Waals surface area (Å²) >= 11 is 0. The second kappa shape index (κ2) is 14.1. The topological polar surface area (TPSA) is 51.8 Å². The van der Waals surface area contributed by atoms with Gasteiger partial charge in [-0.15, -0.1) is 0 Å². The van der Waals surface area contributed by atoms with Crippen LogP contribution in [0.5, 0.6) is 0 Å². The second-order valence-corrected chi connectivity index (χ2v) is 14.1. The monoisotopic (exact) mass is 717 g/mol. The van der Waals surface area contributed by atoms with E-state index in [1.807, 2.05) is 48.5 Å². The zero-order chi connectivity index (χ0) is 37.4. The van der Waals surface area contributed by atoms with Crippen LogP contribution in [-0.2, 0) is 0 Å². The Kier molecular flexibility index (Phi) is 8.34. The first-order chi connectivity index (χ1) is 27.6. The number of nitrogens with zero attached hydrogens (tertiary/aromatic N) is 3. The molecule has 264 valence electrons. The normalized spacial score (nSPS) is 11.3. The lowest BCUT2D eigenvalue weighted by Gasteiger charge is -2.13. The number of fused-ring (bicyclic) bond motifs is 3. The lowest BCUT2D eigenvalue weighted by Crippen LogP contribution is -2.01. The Balaban J connectivity index is 1.15. The van der Waals surface area contributed by atoms with Gasteiger partial charge in [0.1, 0.15) is 11.2 Å². The molecule has 0 N–H and O–H groups in total. The van der Waals surface area contributed by atoms with Gasteiger partial charge in [0, 0.05) is 27.5 Å². The fraction of sp³-hybridized carbons (Fsp3) is 0.0192. The summed E-state index contributed by atoms with van der Waals surface area (Å²) in [5, 5.41) is 2.11. The highest BCUT2D eigenvalue weighted by atomic mass is 16.3. The van der Waals surface area contributed by atoms with Crippen molar-refractivity contribution in [3.8, 4) is 78.7 Å². The SMILES string of the molecule is Cc1cccc(-c2ccc(-c3nc(-c4ccccc4)nc(-c4cc5oc6cccc(-c7ccc(-c8ccccc8)cc7)c6c5cc4-c4ccccc4)n3)cc2)c1. The lowest BCUT2D eigenvalue weighted by molar-refractivity contribution is 0.669. The molecule has 56 heavy (non-hydrogen) atoms. The zero-order valence-corrected chi connectivity index (χ0v) is 30.7. The summed E-state index contributed by atoms with van der Waals surface area (Å²) in [5.41, 5.74) is 14.6. The Morgan fingerprint density at radius 3 is 1.46 bits per heavy atom. The minimum absolute atomic E-state index is 0.578. The van der Waals surface area contributed by atoms with E-state index in [1.165, 1.54) is 22.3 Å². The van der Waals surface area contributed by atoms with E-state index in [2.05, 4.69) is 153 Å². The summed E-state index contributed by atoms with van der Waals surface area (Å²) in [7, 11) is 0. The molecule has 0 fully saturated rings. The van der Waals surface area contributed by atoms with Crippen LogP contribution in [0, 0.1) is 6.92 Å². The summed E-state index contributed by atoms with van der Waals surface area (Å²) in [6, 6.07) is 67.5. The van der Waals surface area contributed by atoms with Crippen molar-refractivity contribution in [1.82, 2.24) is 15.0 Å². The molecule has 10 rings (SSSR count). The maximum atomic E-state index is 6.68. The molecule has 0 spiro atoms. The first-order valence-electron chi connectivity index (χ1n) is 18.8. The average molecular weight is 718 g/mol. The van der Waals surface area contributed by atoms with Gasteiger partial charge in [0.15, 0.2) is 17.5 Å². The van der Waals surface area contributed by atoms with Gasteiger partial charge in [0.25, 0.3) is 0 Å². The Morgan fingerprint density at radius 2 is 0.804 bits per heavy atom. The molecule has 4 heteroatoms. The van der Waals surface area contributed by atoms with Gasteiger partial charge >= 0.3 is 0 Å². The van der Waals surface area contributed by atoms with E-state index in [0.717, 1.165) is 66.4 Å². The van der Waals surface area contributed by atoms with Crippen LogP contribution in [0.25, 0.3) is 101 Å². The molecule has 0 saturated carbocycles. The van der Waals surface area contributed by atoms with Crippen LogP contribution in [-0.4, -0.2) is 15.0 Å². The van der Waals surface area contributed by atoms with Crippen LogP contribution in [0.15, 0.2) is 199 Å². The van der Waals surface area contributed by atoms with Gasteiger partial charge in [-0.25, -0.2) is 15.0 Å². The molecule has 2 aromatic heterocycles. The molecule has 10 aromatic rings. The molecule has 0 amide bonds. The van der Waals surface area contributed by atoms with E-state index in [4.69, 9.17) is 19.4 Å². The van der Waals surface area contributed by atoms with E-state index in [0.29, 0.717) is 17.5 Å². The minimum Gasteiger partial charge on any atom is -0.456 e. The van der Waals surface area contributed by atoms with Crippen molar-refractivity contribution in [3.05, 3.63) is 200 Å². The maximum Gasteiger partial charge on any atom is 0.164 e. The third-order valence-corrected chi connectivity index (χ3v) is 10.4. The number of rotatable bonds is 7. The van der Waals surface area contributed by atoms with Crippen LogP contribution in [0.1, 0.15) is 5.56 Å². The van der Waals surface area contributed by atoms with E-state index >= 15 is 0 Å². The van der Waals surface area contributed by atoms with Crippen molar-refractivity contribution in [1.29, 1.82) is 0 Å². The van der Waals surface area contributed by atoms with Gasteiger partial charge in [-0.05, 0) is 69.6 Å². The number of benzene rings is 8. The quantitative estimate of drug-likeness (QED) is 0.165. The standard InChI is InChI=1S/C52H35N3O/c1-34-13-11-20-42(31-34)37-25-29-41(30-26-37)51-53-50(40-18-9-4-10-19-40)54-52(55-51)45-33-48-46(32-44(45)38-16-7-3-8-17-38)49-43(21-12-22-47(49)56-48)39-27-23-36(24-28-39)35-14-5-2-6-15-35/h2-33H,1H3. The molecular formula is C52H35N3O. The fourth-order valence-electron chi connectivity index (χ4n) is 7.61. The molecule has 0 saturated heterocycles. The number of aromatic nitrogens is 3. The molecule has 0 bridgehead atoms. The molecule has 0 aliphatic heterocycles. The molecule has 0 aliphatic carbocycles. The Labute approximate surface area is 325 Å². The van der Waals surface area contributed by atoms with Crippen LogP contribution in [0.2, 0.25) is 0 Å². The number of aryl methyl sites for hydroxylation is 1. The van der Waals surface area contributed by atoms with Gasteiger partial charge in [-0.3, -0.25) is 0 Å². The number of hydrogen-bond acceptors (Lipinski definition) is 4. The first-order valence-corrected chi connectivity index (χ1v) is 18.8. The van der Waals surface area contributed by atoms with Gasteiger partial charge in [-0.2, -0.15) is 0 Å². The van der Waals surface area contributed by atoms with E-state index in [9.17, 15) is 0 Å². The van der Waals surface area contributed by atoms with Crippen LogP contribution < -0.4 is 0 Å². The van der Waals surface area contributed by atoms with Crippen molar-refractivity contribution >= 4 is 21.9 Å². The van der Waals surface area contributed by atoms with Gasteiger partial charge in [0.2, 0.25) is 0 Å². The predicted octanol–water partition coefficient (Wildman–Crippen LogP) is 13.7. The smallest absolute Gasteiger partial charge is 0.164 e. The molecule has 0 unspecified atom stereocenters. The predicted molar refractivity (Wildman–Crippen MR) is 230 cm³/mol. The zero-order valence-electron chi connectivity index (χ0n) is 30.7.